The molecule has 0 saturated carbocycles. The Hall–Kier alpha value is -3.47. The molecule has 0 radical (unpaired) electrons. The Labute approximate surface area is 164 Å². The normalized spacial score (nSPS) is 18.5. The first-order chi connectivity index (χ1) is 13.5. The van der Waals surface area contributed by atoms with Crippen molar-refractivity contribution in [2.45, 2.75) is 25.8 Å². The van der Waals surface area contributed by atoms with Crippen LogP contribution in [0.1, 0.15) is 23.1 Å². The zero-order valence-corrected chi connectivity index (χ0v) is 15.8. The van der Waals surface area contributed by atoms with Crippen molar-refractivity contribution in [1.82, 2.24) is 4.98 Å². The molecule has 1 saturated heterocycles. The lowest BCUT2D eigenvalue weighted by atomic mass is 9.76. The average Bonchev–Trinajstić information content (AvgIpc) is 2.70. The molecule has 2 amide bonds. The van der Waals surface area contributed by atoms with Crippen LogP contribution >= 0.6 is 0 Å². The number of β-lactam (4-membered cyclic amide) rings is 1. The van der Waals surface area contributed by atoms with Crippen molar-refractivity contribution in [3.63, 3.8) is 0 Å². The highest BCUT2D eigenvalue weighted by Gasteiger charge is 2.58. The number of nitrogens with one attached hydrogen (secondary N) is 1. The molecule has 1 N–H and O–H groups in total. The third kappa shape index (κ3) is 2.76. The summed E-state index contributed by atoms with van der Waals surface area (Å²) in [5.41, 5.74) is 3.04. The summed E-state index contributed by atoms with van der Waals surface area (Å²) in [7, 11) is 0. The van der Waals surface area contributed by atoms with E-state index in [-0.39, 0.29) is 18.2 Å². The van der Waals surface area contributed by atoms with Gasteiger partial charge < -0.3 is 5.32 Å². The number of para-hydroxylation sites is 2. The maximum atomic E-state index is 13.6. The summed E-state index contributed by atoms with van der Waals surface area (Å²) in [6, 6.07) is 18.8. The quantitative estimate of drug-likeness (QED) is 0.706. The molecule has 1 aromatic heterocycles. The van der Waals surface area contributed by atoms with Crippen LogP contribution in [0, 0.1) is 13.8 Å². The van der Waals surface area contributed by atoms with E-state index in [1.165, 1.54) is 0 Å². The molecule has 3 aromatic rings. The van der Waals surface area contributed by atoms with Crippen LogP contribution in [0.4, 0.5) is 11.4 Å². The number of hydrogen-bond donors (Lipinski definition) is 1. The Morgan fingerprint density at radius 2 is 1.61 bits per heavy atom. The highest BCUT2D eigenvalue weighted by molar-refractivity contribution is 6.17. The van der Waals surface area contributed by atoms with Crippen LogP contribution in [-0.2, 0) is 15.1 Å². The number of amides is 2. The van der Waals surface area contributed by atoms with E-state index in [0.29, 0.717) is 0 Å². The number of benzene rings is 2. The van der Waals surface area contributed by atoms with Gasteiger partial charge in [0.2, 0.25) is 5.91 Å². The summed E-state index contributed by atoms with van der Waals surface area (Å²) in [5.74, 6) is -0.304. The summed E-state index contributed by atoms with van der Waals surface area (Å²) in [4.78, 5) is 32.0. The van der Waals surface area contributed by atoms with Gasteiger partial charge in [-0.15, -0.1) is 0 Å². The van der Waals surface area contributed by atoms with Crippen molar-refractivity contribution in [1.29, 1.82) is 0 Å². The number of hydrogen-bond acceptors (Lipinski definition) is 3. The minimum absolute atomic E-state index is 0.0777. The van der Waals surface area contributed by atoms with Gasteiger partial charge >= 0.3 is 0 Å². The molecule has 0 bridgehead atoms. The second-order valence-electron chi connectivity index (χ2n) is 7.06. The molecule has 1 fully saturated rings. The summed E-state index contributed by atoms with van der Waals surface area (Å²) >= 11 is 0. The van der Waals surface area contributed by atoms with E-state index >= 15 is 0 Å². The van der Waals surface area contributed by atoms with Crippen LogP contribution in [-0.4, -0.2) is 16.8 Å². The van der Waals surface area contributed by atoms with E-state index in [0.717, 1.165) is 28.1 Å². The summed E-state index contributed by atoms with van der Waals surface area (Å²) in [6.07, 6.45) is 3.41. The molecule has 2 heterocycles. The molecular formula is C23H21N3O2. The largest absolute Gasteiger partial charge is 0.323 e. The number of carbonyl (C=O) groups excluding carboxylic acids is 2. The maximum absolute atomic E-state index is 13.6. The van der Waals surface area contributed by atoms with Gasteiger partial charge in [0.15, 0.2) is 5.54 Å². The SMILES string of the molecule is Cc1ccccc1NC(=O)C1(c2ccncc2)CC(=O)N1c1ccccc1C. The fourth-order valence-corrected chi connectivity index (χ4v) is 3.76. The predicted octanol–water partition coefficient (Wildman–Crippen LogP) is 3.97. The van der Waals surface area contributed by atoms with Crippen molar-refractivity contribution in [2.75, 3.05) is 10.2 Å². The monoisotopic (exact) mass is 371 g/mol. The molecule has 1 aliphatic heterocycles. The van der Waals surface area contributed by atoms with Crippen LogP contribution in [0.15, 0.2) is 73.1 Å². The number of aryl methyl sites for hydroxylation is 2. The van der Waals surface area contributed by atoms with Gasteiger partial charge in [-0.3, -0.25) is 19.5 Å². The van der Waals surface area contributed by atoms with Crippen molar-refractivity contribution in [2.24, 2.45) is 0 Å². The van der Waals surface area contributed by atoms with E-state index < -0.39 is 5.54 Å². The highest BCUT2D eigenvalue weighted by atomic mass is 16.2. The first kappa shape index (κ1) is 17.9. The standard InChI is InChI=1S/C23H21N3O2/c1-16-7-3-5-9-19(16)25-22(28)23(18-11-13-24-14-12-18)15-21(27)26(23)20-10-6-4-8-17(20)2/h3-14H,15H2,1-2H3,(H,25,28). The minimum Gasteiger partial charge on any atom is -0.323 e. The molecule has 5 nitrogen and oxygen atoms in total. The fourth-order valence-electron chi connectivity index (χ4n) is 3.76. The molecule has 1 atom stereocenters. The lowest BCUT2D eigenvalue weighted by molar-refractivity contribution is -0.137. The number of anilines is 2. The molecule has 140 valence electrons. The molecule has 28 heavy (non-hydrogen) atoms. The molecule has 1 unspecified atom stereocenters. The van der Waals surface area contributed by atoms with Gasteiger partial charge in [-0.1, -0.05) is 36.4 Å². The Morgan fingerprint density at radius 1 is 0.964 bits per heavy atom. The highest BCUT2D eigenvalue weighted by Crippen LogP contribution is 2.46. The zero-order valence-electron chi connectivity index (χ0n) is 15.8. The number of aromatic nitrogens is 1. The molecule has 0 spiro atoms. The van der Waals surface area contributed by atoms with Gasteiger partial charge in [0.25, 0.3) is 5.91 Å². The van der Waals surface area contributed by atoms with Crippen molar-refractivity contribution in [3.8, 4) is 0 Å². The van der Waals surface area contributed by atoms with E-state index in [2.05, 4.69) is 10.3 Å². The average molecular weight is 371 g/mol. The van der Waals surface area contributed by atoms with Crippen molar-refractivity contribution in [3.05, 3.63) is 89.7 Å². The van der Waals surface area contributed by atoms with Crippen LogP contribution in [0.25, 0.3) is 0 Å². The predicted molar refractivity (Wildman–Crippen MR) is 109 cm³/mol. The summed E-state index contributed by atoms with van der Waals surface area (Å²) < 4.78 is 0. The Balaban J connectivity index is 1.82. The van der Waals surface area contributed by atoms with Gasteiger partial charge in [0.1, 0.15) is 0 Å². The van der Waals surface area contributed by atoms with Crippen LogP contribution in [0.3, 0.4) is 0 Å². The third-order valence-corrected chi connectivity index (χ3v) is 5.32. The second kappa shape index (κ2) is 6.93. The van der Waals surface area contributed by atoms with E-state index in [4.69, 9.17) is 0 Å². The fraction of sp³-hybridized carbons (Fsp3) is 0.174. The van der Waals surface area contributed by atoms with E-state index in [9.17, 15) is 9.59 Å². The van der Waals surface area contributed by atoms with Gasteiger partial charge in [0.05, 0.1) is 6.42 Å². The van der Waals surface area contributed by atoms with Gasteiger partial charge in [-0.05, 0) is 54.8 Å². The van der Waals surface area contributed by atoms with E-state index in [1.807, 2.05) is 62.4 Å². The van der Waals surface area contributed by atoms with Gasteiger partial charge in [-0.2, -0.15) is 0 Å². The van der Waals surface area contributed by atoms with Crippen LogP contribution < -0.4 is 10.2 Å². The zero-order chi connectivity index (χ0) is 19.7. The number of nitrogens with zero attached hydrogens (tertiary/aromatic N) is 2. The molecule has 2 aromatic carbocycles. The lowest BCUT2D eigenvalue weighted by Crippen LogP contribution is -2.67. The van der Waals surface area contributed by atoms with Gasteiger partial charge in [0, 0.05) is 23.8 Å². The topological polar surface area (TPSA) is 62.3 Å². The first-order valence-corrected chi connectivity index (χ1v) is 9.20. The summed E-state index contributed by atoms with van der Waals surface area (Å²) in [5, 5.41) is 3.04. The Kier molecular flexibility index (Phi) is 4.43. The molecule has 5 heteroatoms. The number of pyridine rings is 1. The smallest absolute Gasteiger partial charge is 0.255 e. The van der Waals surface area contributed by atoms with Crippen molar-refractivity contribution >= 4 is 23.2 Å². The molecular weight excluding hydrogens is 350 g/mol. The Bertz CT molecular complexity index is 1050. The minimum atomic E-state index is -1.10. The van der Waals surface area contributed by atoms with Crippen LogP contribution in [0.2, 0.25) is 0 Å². The lowest BCUT2D eigenvalue weighted by Gasteiger charge is -2.51. The number of rotatable bonds is 4. The Morgan fingerprint density at radius 3 is 2.25 bits per heavy atom. The molecule has 1 aliphatic rings. The summed E-state index contributed by atoms with van der Waals surface area (Å²) in [6.45, 7) is 3.89. The van der Waals surface area contributed by atoms with Gasteiger partial charge in [-0.25, -0.2) is 0 Å². The van der Waals surface area contributed by atoms with Crippen LogP contribution in [0.5, 0.6) is 0 Å². The second-order valence-corrected chi connectivity index (χ2v) is 7.06. The maximum Gasteiger partial charge on any atom is 0.255 e. The first-order valence-electron chi connectivity index (χ1n) is 9.20. The number of carbonyl (C=O) groups is 2. The molecule has 4 rings (SSSR count). The van der Waals surface area contributed by atoms with Crippen molar-refractivity contribution < 1.29 is 9.59 Å². The van der Waals surface area contributed by atoms with E-state index in [1.54, 1.807) is 29.4 Å². The molecule has 0 aliphatic carbocycles. The third-order valence-electron chi connectivity index (χ3n) is 5.32.